The number of hydrogen-bond donors (Lipinski definition) is 0. The van der Waals surface area contributed by atoms with Gasteiger partial charge in [0.2, 0.25) is 0 Å². The van der Waals surface area contributed by atoms with E-state index in [1.807, 2.05) is 44.2 Å². The zero-order chi connectivity index (χ0) is 19.9. The number of fused-ring (bicyclic) bond motifs is 1. The van der Waals surface area contributed by atoms with Gasteiger partial charge in [-0.25, -0.2) is 0 Å². The SMILES string of the molecule is CCOC(CN(C)C1=C(c2cccc(OC)c2)c2ccccc2OC1)OCC. The van der Waals surface area contributed by atoms with E-state index in [4.69, 9.17) is 18.9 Å². The van der Waals surface area contributed by atoms with Gasteiger partial charge in [-0.15, -0.1) is 0 Å². The third kappa shape index (κ3) is 4.49. The molecule has 2 aromatic carbocycles. The van der Waals surface area contributed by atoms with Gasteiger partial charge in [0.05, 0.1) is 19.4 Å². The first-order chi connectivity index (χ1) is 13.7. The van der Waals surface area contributed by atoms with Crippen LogP contribution in [0, 0.1) is 0 Å². The Kier molecular flexibility index (Phi) is 6.95. The van der Waals surface area contributed by atoms with E-state index in [1.165, 1.54) is 0 Å². The first kappa shape index (κ1) is 20.2. The molecule has 2 aromatic rings. The summed E-state index contributed by atoms with van der Waals surface area (Å²) < 4.78 is 23.0. The van der Waals surface area contributed by atoms with Crippen LogP contribution >= 0.6 is 0 Å². The van der Waals surface area contributed by atoms with Crippen LogP contribution in [-0.4, -0.2) is 51.7 Å². The molecule has 5 heteroatoms. The number of likely N-dealkylation sites (N-methyl/N-ethyl adjacent to an activating group) is 1. The normalized spacial score (nSPS) is 13.3. The van der Waals surface area contributed by atoms with Crippen LogP contribution in [0.25, 0.3) is 5.57 Å². The second kappa shape index (κ2) is 9.62. The Morgan fingerprint density at radius 2 is 1.79 bits per heavy atom. The fourth-order valence-electron chi connectivity index (χ4n) is 3.43. The lowest BCUT2D eigenvalue weighted by Crippen LogP contribution is -2.35. The number of hydrogen-bond acceptors (Lipinski definition) is 5. The van der Waals surface area contributed by atoms with Crippen LogP contribution in [0.2, 0.25) is 0 Å². The van der Waals surface area contributed by atoms with Crippen molar-refractivity contribution in [3.63, 3.8) is 0 Å². The van der Waals surface area contributed by atoms with Crippen LogP contribution in [0.5, 0.6) is 11.5 Å². The standard InChI is InChI=1S/C23H29NO4/c1-5-26-22(27-6-2)15-24(3)20-16-28-21-13-8-7-12-19(21)23(20)17-10-9-11-18(14-17)25-4/h7-14,22H,5-6,15-16H2,1-4H3. The highest BCUT2D eigenvalue weighted by molar-refractivity contribution is 5.86. The van der Waals surface area contributed by atoms with E-state index in [0.29, 0.717) is 26.4 Å². The molecule has 150 valence electrons. The summed E-state index contributed by atoms with van der Waals surface area (Å²) in [6.45, 7) is 6.29. The van der Waals surface area contributed by atoms with Crippen LogP contribution in [-0.2, 0) is 9.47 Å². The molecule has 0 N–H and O–H groups in total. The molecule has 0 saturated carbocycles. The highest BCUT2D eigenvalue weighted by Gasteiger charge is 2.25. The van der Waals surface area contributed by atoms with Crippen LogP contribution in [0.3, 0.4) is 0 Å². The lowest BCUT2D eigenvalue weighted by atomic mass is 9.93. The molecule has 0 amide bonds. The van der Waals surface area contributed by atoms with Gasteiger partial charge in [0.1, 0.15) is 18.1 Å². The molecule has 0 aliphatic carbocycles. The van der Waals surface area contributed by atoms with Crippen molar-refractivity contribution in [3.05, 3.63) is 65.4 Å². The minimum atomic E-state index is -0.281. The van der Waals surface area contributed by atoms with E-state index < -0.39 is 0 Å². The van der Waals surface area contributed by atoms with Gasteiger partial charge in [0.15, 0.2) is 6.29 Å². The molecule has 28 heavy (non-hydrogen) atoms. The smallest absolute Gasteiger partial charge is 0.174 e. The Morgan fingerprint density at radius 3 is 2.50 bits per heavy atom. The van der Waals surface area contributed by atoms with Gasteiger partial charge in [0.25, 0.3) is 0 Å². The van der Waals surface area contributed by atoms with Crippen LogP contribution < -0.4 is 9.47 Å². The molecule has 0 unspecified atom stereocenters. The van der Waals surface area contributed by atoms with E-state index >= 15 is 0 Å². The lowest BCUT2D eigenvalue weighted by molar-refractivity contribution is -0.142. The minimum Gasteiger partial charge on any atom is -0.497 e. The summed E-state index contributed by atoms with van der Waals surface area (Å²) in [5.74, 6) is 1.72. The molecular formula is C23H29NO4. The summed E-state index contributed by atoms with van der Waals surface area (Å²) in [5, 5.41) is 0. The third-order valence-corrected chi connectivity index (χ3v) is 4.76. The summed E-state index contributed by atoms with van der Waals surface area (Å²) in [6, 6.07) is 16.3. The summed E-state index contributed by atoms with van der Waals surface area (Å²) >= 11 is 0. The fraction of sp³-hybridized carbons (Fsp3) is 0.391. The largest absolute Gasteiger partial charge is 0.497 e. The second-order valence-electron chi connectivity index (χ2n) is 6.56. The zero-order valence-corrected chi connectivity index (χ0v) is 17.1. The number of rotatable bonds is 9. The molecule has 0 aromatic heterocycles. The molecule has 1 heterocycles. The molecule has 0 spiro atoms. The average Bonchev–Trinajstić information content (AvgIpc) is 2.73. The van der Waals surface area contributed by atoms with Crippen LogP contribution in [0.15, 0.2) is 54.2 Å². The lowest BCUT2D eigenvalue weighted by Gasteiger charge is -2.33. The van der Waals surface area contributed by atoms with E-state index in [-0.39, 0.29) is 6.29 Å². The van der Waals surface area contributed by atoms with E-state index in [2.05, 4.69) is 30.1 Å². The molecule has 5 nitrogen and oxygen atoms in total. The predicted molar refractivity (Wildman–Crippen MR) is 111 cm³/mol. The van der Waals surface area contributed by atoms with Crippen molar-refractivity contribution in [2.75, 3.05) is 40.5 Å². The van der Waals surface area contributed by atoms with Crippen molar-refractivity contribution in [2.24, 2.45) is 0 Å². The highest BCUT2D eigenvalue weighted by atomic mass is 16.7. The van der Waals surface area contributed by atoms with E-state index in [1.54, 1.807) is 7.11 Å². The Labute approximate surface area is 167 Å². The average molecular weight is 383 g/mol. The summed E-state index contributed by atoms with van der Waals surface area (Å²) in [7, 11) is 3.74. The van der Waals surface area contributed by atoms with Crippen molar-refractivity contribution in [2.45, 2.75) is 20.1 Å². The van der Waals surface area contributed by atoms with Crippen molar-refractivity contribution >= 4 is 5.57 Å². The Morgan fingerprint density at radius 1 is 1.04 bits per heavy atom. The number of methoxy groups -OCH3 is 1. The van der Waals surface area contributed by atoms with Gasteiger partial charge in [-0.1, -0.05) is 30.3 Å². The number of benzene rings is 2. The molecule has 0 saturated heterocycles. The van der Waals surface area contributed by atoms with Gasteiger partial charge in [0, 0.05) is 31.4 Å². The molecule has 0 radical (unpaired) electrons. The van der Waals surface area contributed by atoms with Gasteiger partial charge in [-0.3, -0.25) is 0 Å². The molecule has 1 aliphatic rings. The quantitative estimate of drug-likeness (QED) is 0.608. The van der Waals surface area contributed by atoms with E-state index in [0.717, 1.165) is 33.9 Å². The van der Waals surface area contributed by atoms with Gasteiger partial charge >= 0.3 is 0 Å². The zero-order valence-electron chi connectivity index (χ0n) is 17.1. The Hall–Kier alpha value is -2.50. The van der Waals surface area contributed by atoms with Crippen molar-refractivity contribution in [1.29, 1.82) is 0 Å². The van der Waals surface area contributed by atoms with Crippen LogP contribution in [0.4, 0.5) is 0 Å². The molecule has 0 bridgehead atoms. The Balaban J connectivity index is 2.03. The Bertz CT molecular complexity index is 812. The van der Waals surface area contributed by atoms with Gasteiger partial charge < -0.3 is 23.8 Å². The molecule has 1 aliphatic heterocycles. The van der Waals surface area contributed by atoms with Crippen molar-refractivity contribution in [3.8, 4) is 11.5 Å². The van der Waals surface area contributed by atoms with Crippen molar-refractivity contribution in [1.82, 2.24) is 4.90 Å². The monoisotopic (exact) mass is 383 g/mol. The fourth-order valence-corrected chi connectivity index (χ4v) is 3.43. The first-order valence-electron chi connectivity index (χ1n) is 9.72. The maximum atomic E-state index is 6.05. The van der Waals surface area contributed by atoms with E-state index in [9.17, 15) is 0 Å². The number of para-hydroxylation sites is 1. The number of nitrogens with zero attached hydrogens (tertiary/aromatic N) is 1. The first-order valence-corrected chi connectivity index (χ1v) is 9.72. The summed E-state index contributed by atoms with van der Waals surface area (Å²) in [5.41, 5.74) is 4.42. The third-order valence-electron chi connectivity index (χ3n) is 4.76. The molecule has 0 atom stereocenters. The predicted octanol–water partition coefficient (Wildman–Crippen LogP) is 4.18. The second-order valence-corrected chi connectivity index (χ2v) is 6.56. The summed E-state index contributed by atoms with van der Waals surface area (Å²) in [4.78, 5) is 2.17. The van der Waals surface area contributed by atoms with Crippen LogP contribution in [0.1, 0.15) is 25.0 Å². The van der Waals surface area contributed by atoms with Gasteiger partial charge in [-0.05, 0) is 37.6 Å². The molecular weight excluding hydrogens is 354 g/mol. The number of ether oxygens (including phenoxy) is 4. The molecule has 0 fully saturated rings. The van der Waals surface area contributed by atoms with Gasteiger partial charge in [-0.2, -0.15) is 0 Å². The van der Waals surface area contributed by atoms with Crippen molar-refractivity contribution < 1.29 is 18.9 Å². The maximum absolute atomic E-state index is 6.05. The maximum Gasteiger partial charge on any atom is 0.174 e. The molecule has 3 rings (SSSR count). The topological polar surface area (TPSA) is 40.2 Å². The highest BCUT2D eigenvalue weighted by Crippen LogP contribution is 2.39. The summed E-state index contributed by atoms with van der Waals surface area (Å²) in [6.07, 6.45) is -0.281. The minimum absolute atomic E-state index is 0.281.